The van der Waals surface area contributed by atoms with E-state index in [2.05, 4.69) is 20.6 Å². The molecule has 11 nitrogen and oxygen atoms in total. The first kappa shape index (κ1) is 32.1. The van der Waals surface area contributed by atoms with Gasteiger partial charge in [0.1, 0.15) is 5.82 Å². The zero-order valence-electron chi connectivity index (χ0n) is 24.8. The lowest BCUT2D eigenvalue weighted by Crippen LogP contribution is -2.41. The van der Waals surface area contributed by atoms with Gasteiger partial charge in [-0.15, -0.1) is 0 Å². The van der Waals surface area contributed by atoms with Crippen LogP contribution in [-0.2, 0) is 37.3 Å². The maximum absolute atomic E-state index is 12.8. The summed E-state index contributed by atoms with van der Waals surface area (Å²) in [5.41, 5.74) is 3.11. The summed E-state index contributed by atoms with van der Waals surface area (Å²) in [7, 11) is 2.97. The van der Waals surface area contributed by atoms with Crippen LogP contribution in [0.4, 0.5) is 11.5 Å². The Kier molecular flexibility index (Phi) is 9.54. The minimum atomic E-state index is -0.556. The van der Waals surface area contributed by atoms with Crippen molar-refractivity contribution in [1.82, 2.24) is 14.5 Å². The SMILES string of the molecule is CC(=O)Nc1ccc2c(c1)C[C@@]1(C2)C(=O)Nc2ncccc21.COCC(COC)n1c(=O)[nH]cc(-c2cccc(Cl)c2Cl)c1=O. The van der Waals surface area contributed by atoms with E-state index in [1.165, 1.54) is 27.3 Å². The fraction of sp³-hybridized carbons (Fsp3) is 0.281. The number of rotatable bonds is 7. The van der Waals surface area contributed by atoms with E-state index in [0.29, 0.717) is 29.2 Å². The summed E-state index contributed by atoms with van der Waals surface area (Å²) in [6.07, 6.45) is 4.33. The van der Waals surface area contributed by atoms with E-state index in [1.54, 1.807) is 24.4 Å². The molecule has 1 aliphatic heterocycles. The number of fused-ring (bicyclic) bond motifs is 3. The number of hydrogen-bond donors (Lipinski definition) is 3. The van der Waals surface area contributed by atoms with Crippen LogP contribution in [-0.4, -0.2) is 53.8 Å². The molecule has 45 heavy (non-hydrogen) atoms. The van der Waals surface area contributed by atoms with Crippen molar-refractivity contribution in [3.8, 4) is 11.1 Å². The summed E-state index contributed by atoms with van der Waals surface area (Å²) >= 11 is 12.2. The second-order valence-electron chi connectivity index (χ2n) is 10.8. The Labute approximate surface area is 268 Å². The molecular formula is C32H31Cl2N5O6. The highest BCUT2D eigenvalue weighted by Crippen LogP contribution is 2.46. The van der Waals surface area contributed by atoms with Crippen molar-refractivity contribution in [2.24, 2.45) is 0 Å². The van der Waals surface area contributed by atoms with Crippen LogP contribution in [0.25, 0.3) is 11.1 Å². The van der Waals surface area contributed by atoms with Crippen LogP contribution in [0.3, 0.4) is 0 Å². The highest BCUT2D eigenvalue weighted by molar-refractivity contribution is 6.43. The van der Waals surface area contributed by atoms with Gasteiger partial charge in [-0.2, -0.15) is 0 Å². The Balaban J connectivity index is 0.000000178. The van der Waals surface area contributed by atoms with Crippen LogP contribution in [0.2, 0.25) is 10.0 Å². The molecule has 1 spiro atoms. The molecule has 0 unspecified atom stereocenters. The number of carbonyl (C=O) groups excluding carboxylic acids is 2. The van der Waals surface area contributed by atoms with Crippen molar-refractivity contribution in [2.75, 3.05) is 38.1 Å². The molecule has 0 saturated carbocycles. The Morgan fingerprint density at radius 3 is 2.47 bits per heavy atom. The molecule has 0 radical (unpaired) electrons. The van der Waals surface area contributed by atoms with Gasteiger partial charge in [0.15, 0.2) is 0 Å². The van der Waals surface area contributed by atoms with Gasteiger partial charge in [-0.25, -0.2) is 9.78 Å². The minimum Gasteiger partial charge on any atom is -0.382 e. The molecule has 0 saturated heterocycles. The third-order valence-electron chi connectivity index (χ3n) is 7.83. The maximum Gasteiger partial charge on any atom is 0.328 e. The molecule has 1 aliphatic carbocycles. The predicted molar refractivity (Wildman–Crippen MR) is 172 cm³/mol. The second kappa shape index (κ2) is 13.4. The van der Waals surface area contributed by atoms with Crippen molar-refractivity contribution >= 4 is 46.5 Å². The van der Waals surface area contributed by atoms with E-state index in [1.807, 2.05) is 30.3 Å². The van der Waals surface area contributed by atoms with Gasteiger partial charge in [0.2, 0.25) is 11.8 Å². The number of methoxy groups -OCH3 is 2. The number of H-pyrrole nitrogens is 1. The summed E-state index contributed by atoms with van der Waals surface area (Å²) in [4.78, 5) is 55.4. The van der Waals surface area contributed by atoms with Gasteiger partial charge in [0.25, 0.3) is 5.56 Å². The van der Waals surface area contributed by atoms with Crippen LogP contribution in [0.15, 0.2) is 70.5 Å². The predicted octanol–water partition coefficient (Wildman–Crippen LogP) is 4.37. The van der Waals surface area contributed by atoms with Crippen molar-refractivity contribution in [1.29, 1.82) is 0 Å². The van der Waals surface area contributed by atoms with Gasteiger partial charge < -0.3 is 25.1 Å². The lowest BCUT2D eigenvalue weighted by molar-refractivity contribution is -0.120. The van der Waals surface area contributed by atoms with Crippen molar-refractivity contribution in [2.45, 2.75) is 31.2 Å². The minimum absolute atomic E-state index is 0.0125. The average Bonchev–Trinajstić information content (AvgIpc) is 3.52. The van der Waals surface area contributed by atoms with E-state index >= 15 is 0 Å². The number of halogens is 2. The molecule has 3 N–H and O–H groups in total. The van der Waals surface area contributed by atoms with E-state index in [4.69, 9.17) is 32.7 Å². The quantitative estimate of drug-likeness (QED) is 0.269. The Hall–Kier alpha value is -4.29. The van der Waals surface area contributed by atoms with Crippen molar-refractivity contribution in [3.05, 3.63) is 108 Å². The first-order chi connectivity index (χ1) is 21.6. The van der Waals surface area contributed by atoms with Crippen LogP contribution < -0.4 is 21.9 Å². The number of anilines is 2. The molecule has 2 aromatic heterocycles. The number of nitrogens with zero attached hydrogens (tertiary/aromatic N) is 2. The lowest BCUT2D eigenvalue weighted by Gasteiger charge is -2.20. The number of aromatic nitrogens is 3. The maximum atomic E-state index is 12.8. The molecule has 13 heteroatoms. The fourth-order valence-corrected chi connectivity index (χ4v) is 6.26. The third-order valence-corrected chi connectivity index (χ3v) is 8.65. The van der Waals surface area contributed by atoms with Crippen LogP contribution in [0, 0.1) is 0 Å². The molecule has 3 heterocycles. The molecular weight excluding hydrogens is 621 g/mol. The highest BCUT2D eigenvalue weighted by Gasteiger charge is 2.51. The van der Waals surface area contributed by atoms with Crippen LogP contribution >= 0.6 is 23.2 Å². The summed E-state index contributed by atoms with van der Waals surface area (Å²) in [5, 5.41) is 6.26. The normalized spacial score (nSPS) is 16.2. The van der Waals surface area contributed by atoms with E-state index < -0.39 is 22.7 Å². The lowest BCUT2D eigenvalue weighted by atomic mass is 9.79. The smallest absolute Gasteiger partial charge is 0.328 e. The summed E-state index contributed by atoms with van der Waals surface area (Å²) in [5.74, 6) is 0.585. The summed E-state index contributed by atoms with van der Waals surface area (Å²) in [6.45, 7) is 1.80. The Morgan fingerprint density at radius 2 is 1.76 bits per heavy atom. The number of amides is 2. The van der Waals surface area contributed by atoms with E-state index in [-0.39, 0.29) is 35.6 Å². The molecule has 2 amide bonds. The average molecular weight is 653 g/mol. The summed E-state index contributed by atoms with van der Waals surface area (Å²) < 4.78 is 11.2. The number of pyridine rings is 1. The number of aromatic amines is 1. The van der Waals surface area contributed by atoms with Crippen molar-refractivity contribution in [3.63, 3.8) is 0 Å². The fourth-order valence-electron chi connectivity index (χ4n) is 5.85. The summed E-state index contributed by atoms with van der Waals surface area (Å²) in [6, 6.07) is 14.1. The second-order valence-corrected chi connectivity index (χ2v) is 11.6. The molecule has 4 aromatic rings. The first-order valence-corrected chi connectivity index (χ1v) is 14.8. The molecule has 0 bridgehead atoms. The van der Waals surface area contributed by atoms with Gasteiger partial charge in [0.05, 0.1) is 40.3 Å². The highest BCUT2D eigenvalue weighted by atomic mass is 35.5. The largest absolute Gasteiger partial charge is 0.382 e. The Bertz CT molecular complexity index is 1880. The van der Waals surface area contributed by atoms with Gasteiger partial charge in [-0.05, 0) is 48.2 Å². The van der Waals surface area contributed by atoms with Crippen molar-refractivity contribution < 1.29 is 19.1 Å². The van der Waals surface area contributed by atoms with Gasteiger partial charge in [-0.1, -0.05) is 47.5 Å². The topological polar surface area (TPSA) is 144 Å². The zero-order chi connectivity index (χ0) is 32.3. The molecule has 1 atom stereocenters. The van der Waals surface area contributed by atoms with Gasteiger partial charge in [-0.3, -0.25) is 19.0 Å². The molecule has 6 rings (SSSR count). The number of hydrogen-bond acceptors (Lipinski definition) is 7. The van der Waals surface area contributed by atoms with E-state index in [9.17, 15) is 19.2 Å². The molecule has 234 valence electrons. The van der Waals surface area contributed by atoms with Gasteiger partial charge in [0, 0.05) is 50.4 Å². The zero-order valence-corrected chi connectivity index (χ0v) is 26.3. The van der Waals surface area contributed by atoms with Crippen LogP contribution in [0.5, 0.6) is 0 Å². The molecule has 2 aliphatic rings. The first-order valence-electron chi connectivity index (χ1n) is 14.0. The standard InChI is InChI=1S/C17H15N3O2.C15H16Cl2N2O4/c1-10(21)19-13-5-4-11-8-17(9-12(11)7-13)14-3-2-6-18-15(14)20-16(17)22;1-22-7-9(8-23-2)19-14(20)11(6-18-15(19)21)10-4-3-5-12(16)13(10)17/h2-7H,8-9H2,1H3,(H,19,21)(H,18,20,22);3-6,9H,7-8H2,1-2H3,(H,18,21)/t17-;/m1./s1. The number of benzene rings is 2. The monoisotopic (exact) mass is 651 g/mol. The number of ether oxygens (including phenoxy) is 2. The van der Waals surface area contributed by atoms with E-state index in [0.717, 1.165) is 26.9 Å². The molecule has 2 aromatic carbocycles. The number of carbonyl (C=O) groups is 2. The molecule has 0 fully saturated rings. The van der Waals surface area contributed by atoms with Crippen LogP contribution in [0.1, 0.15) is 29.7 Å². The van der Waals surface area contributed by atoms with Gasteiger partial charge >= 0.3 is 5.69 Å². The Morgan fingerprint density at radius 1 is 1.02 bits per heavy atom. The number of nitrogens with one attached hydrogen (secondary N) is 3. The third kappa shape index (κ3) is 6.30.